The number of likely N-dealkylation sites (tertiary alicyclic amines) is 1. The first-order valence-electron chi connectivity index (χ1n) is 7.94. The Morgan fingerprint density at radius 3 is 2.50 bits per heavy atom. The van der Waals surface area contributed by atoms with Gasteiger partial charge in [0.15, 0.2) is 0 Å². The van der Waals surface area contributed by atoms with Crippen LogP contribution in [-0.4, -0.2) is 29.8 Å². The lowest BCUT2D eigenvalue weighted by Crippen LogP contribution is -2.54. The number of halogens is 1. The van der Waals surface area contributed by atoms with E-state index in [0.29, 0.717) is 18.0 Å². The van der Waals surface area contributed by atoms with Gasteiger partial charge < -0.3 is 10.2 Å². The van der Waals surface area contributed by atoms with Crippen molar-refractivity contribution in [1.29, 1.82) is 0 Å². The maximum absolute atomic E-state index is 12.4. The molecule has 2 aliphatic rings. The minimum atomic E-state index is -0.277. The van der Waals surface area contributed by atoms with E-state index in [9.17, 15) is 9.59 Å². The molecule has 1 aliphatic carbocycles. The Morgan fingerprint density at radius 1 is 1.18 bits per heavy atom. The quantitative estimate of drug-likeness (QED) is 0.927. The monoisotopic (exact) mass is 320 g/mol. The number of nitrogens with one attached hydrogen (secondary N) is 1. The number of benzene rings is 1. The molecule has 0 aromatic heterocycles. The summed E-state index contributed by atoms with van der Waals surface area (Å²) < 4.78 is 0. The summed E-state index contributed by atoms with van der Waals surface area (Å²) in [6.07, 6.45) is 5.47. The number of nitrogens with zero attached hydrogens (tertiary/aromatic N) is 1. The first-order chi connectivity index (χ1) is 10.6. The third-order valence-corrected chi connectivity index (χ3v) is 4.99. The standard InChI is InChI=1S/C17H21ClN2O2/c18-14-7-5-13(6-8-14)17(9-3-10-17)19-15(21)12-20-11-2-1-4-16(20)22/h5-8H,1-4,9-12H2,(H,19,21). The normalized spacial score (nSPS) is 20.4. The van der Waals surface area contributed by atoms with E-state index in [0.717, 1.165) is 37.7 Å². The molecule has 118 valence electrons. The Hall–Kier alpha value is -1.55. The van der Waals surface area contributed by atoms with Gasteiger partial charge in [0, 0.05) is 18.0 Å². The Labute approximate surface area is 135 Å². The lowest BCUT2D eigenvalue weighted by atomic mass is 9.72. The molecule has 4 nitrogen and oxygen atoms in total. The van der Waals surface area contributed by atoms with Crippen LogP contribution in [0.5, 0.6) is 0 Å². The van der Waals surface area contributed by atoms with Gasteiger partial charge in [-0.25, -0.2) is 0 Å². The molecule has 3 rings (SSSR count). The van der Waals surface area contributed by atoms with E-state index in [2.05, 4.69) is 5.32 Å². The van der Waals surface area contributed by atoms with Gasteiger partial charge in [0.2, 0.25) is 11.8 Å². The average Bonchev–Trinajstić information content (AvgIpc) is 2.46. The van der Waals surface area contributed by atoms with E-state index in [4.69, 9.17) is 11.6 Å². The number of carbonyl (C=O) groups excluding carboxylic acids is 2. The highest BCUT2D eigenvalue weighted by Crippen LogP contribution is 2.41. The topological polar surface area (TPSA) is 49.4 Å². The van der Waals surface area contributed by atoms with Gasteiger partial charge in [0.1, 0.15) is 0 Å². The Morgan fingerprint density at radius 2 is 1.91 bits per heavy atom. The van der Waals surface area contributed by atoms with Crippen molar-refractivity contribution in [2.75, 3.05) is 13.1 Å². The molecule has 22 heavy (non-hydrogen) atoms. The molecule has 2 amide bonds. The summed E-state index contributed by atoms with van der Waals surface area (Å²) in [5, 5.41) is 3.86. The first kappa shape index (κ1) is 15.3. The zero-order chi connectivity index (χ0) is 15.6. The Bertz CT molecular complexity index is 567. The zero-order valence-corrected chi connectivity index (χ0v) is 13.4. The van der Waals surface area contributed by atoms with Crippen LogP contribution in [0.3, 0.4) is 0 Å². The van der Waals surface area contributed by atoms with E-state index in [1.54, 1.807) is 4.90 Å². The molecule has 0 unspecified atom stereocenters. The smallest absolute Gasteiger partial charge is 0.240 e. The summed E-state index contributed by atoms with van der Waals surface area (Å²) in [5.41, 5.74) is 0.821. The fourth-order valence-corrected chi connectivity index (χ4v) is 3.42. The van der Waals surface area contributed by atoms with E-state index in [-0.39, 0.29) is 23.9 Å². The number of carbonyl (C=O) groups is 2. The van der Waals surface area contributed by atoms with Gasteiger partial charge in [-0.05, 0) is 49.8 Å². The van der Waals surface area contributed by atoms with Crippen molar-refractivity contribution in [3.05, 3.63) is 34.9 Å². The van der Waals surface area contributed by atoms with Crippen molar-refractivity contribution in [1.82, 2.24) is 10.2 Å². The maximum atomic E-state index is 12.4. The fraction of sp³-hybridized carbons (Fsp3) is 0.529. The van der Waals surface area contributed by atoms with Crippen molar-refractivity contribution >= 4 is 23.4 Å². The van der Waals surface area contributed by atoms with E-state index in [1.807, 2.05) is 24.3 Å². The maximum Gasteiger partial charge on any atom is 0.240 e. The third-order valence-electron chi connectivity index (χ3n) is 4.74. The van der Waals surface area contributed by atoms with Gasteiger partial charge >= 0.3 is 0 Å². The van der Waals surface area contributed by atoms with Crippen LogP contribution in [0.1, 0.15) is 44.1 Å². The van der Waals surface area contributed by atoms with Crippen LogP contribution in [0.25, 0.3) is 0 Å². The lowest BCUT2D eigenvalue weighted by molar-refractivity contribution is -0.138. The highest BCUT2D eigenvalue weighted by atomic mass is 35.5. The SMILES string of the molecule is O=C(CN1CCCCC1=O)NC1(c2ccc(Cl)cc2)CCC1. The molecule has 1 saturated heterocycles. The summed E-state index contributed by atoms with van der Waals surface area (Å²) in [6.45, 7) is 0.869. The highest BCUT2D eigenvalue weighted by molar-refractivity contribution is 6.30. The minimum absolute atomic E-state index is 0.0649. The second-order valence-corrected chi connectivity index (χ2v) is 6.70. The van der Waals surface area contributed by atoms with Crippen molar-refractivity contribution in [3.8, 4) is 0 Å². The van der Waals surface area contributed by atoms with Gasteiger partial charge in [-0.15, -0.1) is 0 Å². The van der Waals surface area contributed by atoms with E-state index >= 15 is 0 Å². The van der Waals surface area contributed by atoms with Crippen LogP contribution in [0.4, 0.5) is 0 Å². The van der Waals surface area contributed by atoms with Crippen LogP contribution >= 0.6 is 11.6 Å². The third kappa shape index (κ3) is 3.12. The average molecular weight is 321 g/mol. The molecule has 1 heterocycles. The molecule has 0 spiro atoms. The van der Waals surface area contributed by atoms with Crippen LogP contribution in [0.15, 0.2) is 24.3 Å². The van der Waals surface area contributed by atoms with Crippen molar-refractivity contribution in [2.45, 2.75) is 44.1 Å². The number of hydrogen-bond donors (Lipinski definition) is 1. The predicted molar refractivity (Wildman–Crippen MR) is 85.6 cm³/mol. The number of amides is 2. The highest BCUT2D eigenvalue weighted by Gasteiger charge is 2.40. The molecule has 0 atom stereocenters. The minimum Gasteiger partial charge on any atom is -0.345 e. The van der Waals surface area contributed by atoms with Crippen molar-refractivity contribution in [2.24, 2.45) is 0 Å². The second kappa shape index (κ2) is 6.29. The van der Waals surface area contributed by atoms with Gasteiger partial charge in [-0.2, -0.15) is 0 Å². The first-order valence-corrected chi connectivity index (χ1v) is 8.32. The van der Waals surface area contributed by atoms with Crippen LogP contribution in [0.2, 0.25) is 5.02 Å². The molecule has 1 saturated carbocycles. The molecule has 1 aromatic carbocycles. The van der Waals surface area contributed by atoms with Gasteiger partial charge in [0.25, 0.3) is 0 Å². The van der Waals surface area contributed by atoms with E-state index < -0.39 is 0 Å². The Kier molecular flexibility index (Phi) is 4.39. The second-order valence-electron chi connectivity index (χ2n) is 6.26. The summed E-state index contributed by atoms with van der Waals surface area (Å²) in [6, 6.07) is 7.68. The van der Waals surface area contributed by atoms with Gasteiger partial charge in [0.05, 0.1) is 12.1 Å². The van der Waals surface area contributed by atoms with Crippen LogP contribution in [-0.2, 0) is 15.1 Å². The number of hydrogen-bond acceptors (Lipinski definition) is 2. The molecule has 0 radical (unpaired) electrons. The predicted octanol–water partition coefficient (Wildman–Crippen LogP) is 2.85. The van der Waals surface area contributed by atoms with Crippen molar-refractivity contribution < 1.29 is 9.59 Å². The van der Waals surface area contributed by atoms with Crippen LogP contribution in [0, 0.1) is 0 Å². The molecule has 1 N–H and O–H groups in total. The summed E-state index contributed by atoms with van der Waals surface area (Å²) in [5.74, 6) is 0.0282. The molecule has 2 fully saturated rings. The summed E-state index contributed by atoms with van der Waals surface area (Å²) >= 11 is 5.94. The summed E-state index contributed by atoms with van der Waals surface area (Å²) in [7, 11) is 0. The molecule has 1 aromatic rings. The fourth-order valence-electron chi connectivity index (χ4n) is 3.29. The molecule has 0 bridgehead atoms. The van der Waals surface area contributed by atoms with Gasteiger partial charge in [-0.1, -0.05) is 23.7 Å². The summed E-state index contributed by atoms with van der Waals surface area (Å²) in [4.78, 5) is 25.9. The van der Waals surface area contributed by atoms with Crippen molar-refractivity contribution in [3.63, 3.8) is 0 Å². The zero-order valence-electron chi connectivity index (χ0n) is 12.6. The lowest BCUT2D eigenvalue weighted by Gasteiger charge is -2.43. The van der Waals surface area contributed by atoms with Crippen LogP contribution < -0.4 is 5.32 Å². The molecule has 5 heteroatoms. The molecule has 1 aliphatic heterocycles. The number of piperidine rings is 1. The van der Waals surface area contributed by atoms with Gasteiger partial charge in [-0.3, -0.25) is 9.59 Å². The van der Waals surface area contributed by atoms with E-state index in [1.165, 1.54) is 0 Å². The number of rotatable bonds is 4. The largest absolute Gasteiger partial charge is 0.345 e. The molecular weight excluding hydrogens is 300 g/mol. The molecular formula is C17H21ClN2O2. The Balaban J connectivity index is 1.66.